The van der Waals surface area contributed by atoms with Crippen LogP contribution in [0.4, 0.5) is 0 Å². The van der Waals surface area contributed by atoms with Crippen LogP contribution < -0.4 is 0 Å². The molecule has 1 saturated heterocycles. The van der Waals surface area contributed by atoms with Crippen LogP contribution in [0.2, 0.25) is 0 Å². The van der Waals surface area contributed by atoms with Gasteiger partial charge in [-0.05, 0) is 37.5 Å². The Morgan fingerprint density at radius 2 is 1.90 bits per heavy atom. The highest BCUT2D eigenvalue weighted by Gasteiger charge is 2.29. The van der Waals surface area contributed by atoms with Crippen LogP contribution in [0, 0.1) is 6.92 Å². The van der Waals surface area contributed by atoms with Gasteiger partial charge in [-0.25, -0.2) is 13.2 Å². The topological polar surface area (TPSA) is 94.9 Å². The molecule has 1 fully saturated rings. The fourth-order valence-corrected chi connectivity index (χ4v) is 3.72. The summed E-state index contributed by atoms with van der Waals surface area (Å²) in [4.78, 5) is 11.1. The minimum absolute atomic E-state index is 0.0110. The normalized spacial score (nSPS) is 18.1. The van der Waals surface area contributed by atoms with E-state index in [1.54, 1.807) is 6.92 Å². The van der Waals surface area contributed by atoms with Crippen LogP contribution in [-0.4, -0.2) is 48.1 Å². The van der Waals surface area contributed by atoms with Crippen LogP contribution >= 0.6 is 0 Å². The van der Waals surface area contributed by atoms with Gasteiger partial charge in [-0.15, -0.1) is 0 Å². The number of piperidine rings is 1. The largest absolute Gasteiger partial charge is 0.478 e. The minimum Gasteiger partial charge on any atom is -0.478 e. The van der Waals surface area contributed by atoms with Gasteiger partial charge in [-0.1, -0.05) is 6.07 Å². The number of aliphatic hydroxyl groups excluding tert-OH is 1. The molecule has 1 aromatic rings. The Morgan fingerprint density at radius 1 is 1.30 bits per heavy atom. The standard InChI is InChI=1S/C13H17NO5S/c1-9-2-3-11(8-12(9)13(16)17)20(18,19)14-6-4-10(15)5-7-14/h2-3,8,10,15H,4-7H2,1H3,(H,16,17). The molecule has 2 N–H and O–H groups in total. The van der Waals surface area contributed by atoms with Gasteiger partial charge in [-0.2, -0.15) is 4.31 Å². The second kappa shape index (κ2) is 5.51. The molecule has 0 aromatic heterocycles. The van der Waals surface area contributed by atoms with Gasteiger partial charge in [0.2, 0.25) is 10.0 Å². The molecule has 0 amide bonds. The number of nitrogens with zero attached hydrogens (tertiary/aromatic N) is 1. The summed E-state index contributed by atoms with van der Waals surface area (Å²) in [5.41, 5.74) is 0.508. The molecule has 0 atom stereocenters. The summed E-state index contributed by atoms with van der Waals surface area (Å²) < 4.78 is 26.2. The molecule has 1 heterocycles. The van der Waals surface area contributed by atoms with Crippen molar-refractivity contribution in [1.29, 1.82) is 0 Å². The number of sulfonamides is 1. The molecule has 0 saturated carbocycles. The van der Waals surface area contributed by atoms with E-state index in [4.69, 9.17) is 5.11 Å². The first-order valence-electron chi connectivity index (χ1n) is 6.34. The number of hydrogen-bond donors (Lipinski definition) is 2. The molecular weight excluding hydrogens is 282 g/mol. The van der Waals surface area contributed by atoms with Gasteiger partial charge < -0.3 is 10.2 Å². The van der Waals surface area contributed by atoms with Gasteiger partial charge >= 0.3 is 5.97 Å². The lowest BCUT2D eigenvalue weighted by molar-refractivity contribution is 0.0696. The Hall–Kier alpha value is -1.44. The molecule has 0 aliphatic carbocycles. The number of carbonyl (C=O) groups is 1. The fourth-order valence-electron chi connectivity index (χ4n) is 2.22. The predicted molar refractivity (Wildman–Crippen MR) is 72.1 cm³/mol. The SMILES string of the molecule is Cc1ccc(S(=O)(=O)N2CCC(O)CC2)cc1C(=O)O. The van der Waals surface area contributed by atoms with E-state index in [2.05, 4.69) is 0 Å². The Morgan fingerprint density at radius 3 is 2.45 bits per heavy atom. The Bertz CT molecular complexity index is 618. The van der Waals surface area contributed by atoms with Crippen molar-refractivity contribution >= 4 is 16.0 Å². The van der Waals surface area contributed by atoms with Crippen molar-refractivity contribution in [1.82, 2.24) is 4.31 Å². The molecule has 20 heavy (non-hydrogen) atoms. The molecule has 0 radical (unpaired) electrons. The zero-order chi connectivity index (χ0) is 14.9. The summed E-state index contributed by atoms with van der Waals surface area (Å²) in [5, 5.41) is 18.5. The highest BCUT2D eigenvalue weighted by molar-refractivity contribution is 7.89. The highest BCUT2D eigenvalue weighted by atomic mass is 32.2. The maximum atomic E-state index is 12.4. The summed E-state index contributed by atoms with van der Waals surface area (Å²) in [5.74, 6) is -1.14. The number of carboxylic acid groups (broad SMARTS) is 1. The second-order valence-electron chi connectivity index (χ2n) is 4.92. The first kappa shape index (κ1) is 15.0. The molecule has 1 aliphatic heterocycles. The lowest BCUT2D eigenvalue weighted by atomic mass is 10.1. The quantitative estimate of drug-likeness (QED) is 0.862. The third kappa shape index (κ3) is 2.84. The summed E-state index contributed by atoms with van der Waals surface area (Å²) in [6.07, 6.45) is 0.336. The third-order valence-electron chi connectivity index (χ3n) is 3.50. The van der Waals surface area contributed by atoms with Crippen LogP contribution in [0.5, 0.6) is 0 Å². The monoisotopic (exact) mass is 299 g/mol. The molecule has 0 bridgehead atoms. The van der Waals surface area contributed by atoms with Gasteiger partial charge in [0.25, 0.3) is 0 Å². The second-order valence-corrected chi connectivity index (χ2v) is 6.86. The number of hydrogen-bond acceptors (Lipinski definition) is 4. The van der Waals surface area contributed by atoms with Crippen LogP contribution in [0.25, 0.3) is 0 Å². The van der Waals surface area contributed by atoms with E-state index in [9.17, 15) is 18.3 Å². The van der Waals surface area contributed by atoms with E-state index in [1.165, 1.54) is 22.5 Å². The maximum Gasteiger partial charge on any atom is 0.335 e. The molecule has 6 nitrogen and oxygen atoms in total. The van der Waals surface area contributed by atoms with Gasteiger partial charge in [0, 0.05) is 13.1 Å². The summed E-state index contributed by atoms with van der Waals surface area (Å²) in [7, 11) is -3.70. The summed E-state index contributed by atoms with van der Waals surface area (Å²) in [6, 6.07) is 4.11. The number of aliphatic hydroxyl groups is 1. The van der Waals surface area contributed by atoms with Gasteiger partial charge in [0.1, 0.15) is 0 Å². The van der Waals surface area contributed by atoms with Gasteiger partial charge in [0.15, 0.2) is 0 Å². The number of rotatable bonds is 3. The van der Waals surface area contributed by atoms with E-state index in [-0.39, 0.29) is 23.5 Å². The molecule has 110 valence electrons. The molecule has 0 spiro atoms. The first-order chi connectivity index (χ1) is 9.32. The van der Waals surface area contributed by atoms with E-state index < -0.39 is 22.1 Å². The average Bonchev–Trinajstić information content (AvgIpc) is 2.39. The Labute approximate surface area is 117 Å². The lowest BCUT2D eigenvalue weighted by Crippen LogP contribution is -2.40. The molecule has 1 aliphatic rings. The molecular formula is C13H17NO5S. The maximum absolute atomic E-state index is 12.4. The zero-order valence-electron chi connectivity index (χ0n) is 11.1. The third-order valence-corrected chi connectivity index (χ3v) is 5.40. The van der Waals surface area contributed by atoms with Gasteiger partial charge in [0.05, 0.1) is 16.6 Å². The smallest absolute Gasteiger partial charge is 0.335 e. The first-order valence-corrected chi connectivity index (χ1v) is 7.78. The summed E-state index contributed by atoms with van der Waals surface area (Å²) >= 11 is 0. The molecule has 2 rings (SSSR count). The van der Waals surface area contributed by atoms with E-state index in [1.807, 2.05) is 0 Å². The van der Waals surface area contributed by atoms with Crippen molar-refractivity contribution in [3.8, 4) is 0 Å². The van der Waals surface area contributed by atoms with Crippen molar-refractivity contribution in [2.75, 3.05) is 13.1 Å². The number of aromatic carboxylic acids is 1. The summed E-state index contributed by atoms with van der Waals surface area (Å²) in [6.45, 7) is 2.12. The Kier molecular flexibility index (Phi) is 4.12. The van der Waals surface area contributed by atoms with Crippen LogP contribution in [0.1, 0.15) is 28.8 Å². The lowest BCUT2D eigenvalue weighted by Gasteiger charge is -2.28. The number of aryl methyl sites for hydroxylation is 1. The van der Waals surface area contributed by atoms with E-state index >= 15 is 0 Å². The van der Waals surface area contributed by atoms with Crippen LogP contribution in [0.3, 0.4) is 0 Å². The van der Waals surface area contributed by atoms with Gasteiger partial charge in [-0.3, -0.25) is 0 Å². The van der Waals surface area contributed by atoms with Crippen molar-refractivity contribution in [2.24, 2.45) is 0 Å². The van der Waals surface area contributed by atoms with Crippen molar-refractivity contribution in [3.05, 3.63) is 29.3 Å². The highest BCUT2D eigenvalue weighted by Crippen LogP contribution is 2.23. The predicted octanol–water partition coefficient (Wildman–Crippen LogP) is 0.839. The molecule has 1 aromatic carbocycles. The average molecular weight is 299 g/mol. The minimum atomic E-state index is -3.70. The van der Waals surface area contributed by atoms with Crippen LogP contribution in [0.15, 0.2) is 23.1 Å². The van der Waals surface area contributed by atoms with Crippen molar-refractivity contribution < 1.29 is 23.4 Å². The number of benzene rings is 1. The number of carboxylic acids is 1. The van der Waals surface area contributed by atoms with Crippen LogP contribution in [-0.2, 0) is 10.0 Å². The van der Waals surface area contributed by atoms with E-state index in [0.29, 0.717) is 18.4 Å². The zero-order valence-corrected chi connectivity index (χ0v) is 11.9. The Balaban J connectivity index is 2.35. The molecule has 7 heteroatoms. The van der Waals surface area contributed by atoms with E-state index in [0.717, 1.165) is 0 Å². The molecule has 0 unspecified atom stereocenters. The van der Waals surface area contributed by atoms with Crippen molar-refractivity contribution in [3.63, 3.8) is 0 Å². The fraction of sp³-hybridized carbons (Fsp3) is 0.462. The van der Waals surface area contributed by atoms with Crippen molar-refractivity contribution in [2.45, 2.75) is 30.8 Å².